The second kappa shape index (κ2) is 8.86. The van der Waals surface area contributed by atoms with Crippen LogP contribution in [-0.2, 0) is 0 Å². The maximum atomic E-state index is 2.56. The van der Waals surface area contributed by atoms with E-state index in [1.54, 1.807) is 0 Å². The van der Waals surface area contributed by atoms with Gasteiger partial charge in [-0.3, -0.25) is 0 Å². The summed E-state index contributed by atoms with van der Waals surface area (Å²) in [5.41, 5.74) is 1.40. The first-order valence-electron chi connectivity index (χ1n) is 7.59. The van der Waals surface area contributed by atoms with E-state index in [2.05, 4.69) is 61.2 Å². The highest BCUT2D eigenvalue weighted by Gasteiger charge is 2.08. The third-order valence-electron chi connectivity index (χ3n) is 3.67. The molecule has 0 radical (unpaired) electrons. The van der Waals surface area contributed by atoms with Crippen LogP contribution in [0.2, 0.25) is 0 Å². The molecule has 0 spiro atoms. The van der Waals surface area contributed by atoms with Gasteiger partial charge in [-0.05, 0) is 24.3 Å². The predicted octanol–water partition coefficient (Wildman–Crippen LogP) is 5.67. The molecular weight excluding hydrogens is 266 g/mol. The van der Waals surface area contributed by atoms with E-state index < -0.39 is 0 Å². The van der Waals surface area contributed by atoms with Crippen molar-refractivity contribution in [3.05, 3.63) is 42.5 Å². The third-order valence-corrected chi connectivity index (χ3v) is 3.67. The molecule has 0 aliphatic carbocycles. The van der Waals surface area contributed by atoms with Crippen molar-refractivity contribution in [1.82, 2.24) is 0 Å². The van der Waals surface area contributed by atoms with Crippen LogP contribution in [0.4, 0.5) is 5.69 Å². The second-order valence-electron chi connectivity index (χ2n) is 5.19. The summed E-state index contributed by atoms with van der Waals surface area (Å²) < 4.78 is 0. The zero-order valence-corrected chi connectivity index (χ0v) is 13.5. The van der Waals surface area contributed by atoms with Crippen LogP contribution >= 0.6 is 12.4 Å². The molecule has 20 heavy (non-hydrogen) atoms. The molecule has 110 valence electrons. The van der Waals surface area contributed by atoms with Crippen LogP contribution in [0.15, 0.2) is 42.5 Å². The smallest absolute Gasteiger partial charge is 0.0445 e. The molecule has 2 rings (SSSR count). The molecule has 0 atom stereocenters. The highest BCUT2D eigenvalue weighted by molar-refractivity contribution is 5.94. The van der Waals surface area contributed by atoms with Crippen LogP contribution in [0, 0.1) is 0 Å². The first-order chi connectivity index (χ1) is 9.36. The Labute approximate surface area is 129 Å². The van der Waals surface area contributed by atoms with E-state index >= 15 is 0 Å². The van der Waals surface area contributed by atoms with Gasteiger partial charge in [0.05, 0.1) is 0 Å². The van der Waals surface area contributed by atoms with Gasteiger partial charge in [0, 0.05) is 24.2 Å². The number of hydrogen-bond acceptors (Lipinski definition) is 1. The highest BCUT2D eigenvalue weighted by atomic mass is 35.5. The van der Waals surface area contributed by atoms with E-state index in [4.69, 9.17) is 0 Å². The maximum absolute atomic E-state index is 2.56. The van der Waals surface area contributed by atoms with Crippen LogP contribution in [0.1, 0.15) is 39.5 Å². The number of fused-ring (bicyclic) bond motifs is 1. The zero-order chi connectivity index (χ0) is 13.5. The lowest BCUT2D eigenvalue weighted by atomic mass is 10.1. The average Bonchev–Trinajstić information content (AvgIpc) is 2.47. The molecule has 0 saturated carbocycles. The van der Waals surface area contributed by atoms with Crippen molar-refractivity contribution in [2.24, 2.45) is 0 Å². The van der Waals surface area contributed by atoms with Gasteiger partial charge in [-0.15, -0.1) is 12.4 Å². The summed E-state index contributed by atoms with van der Waals surface area (Å²) in [4.78, 5) is 2.56. The van der Waals surface area contributed by atoms with Gasteiger partial charge in [0.15, 0.2) is 0 Å². The van der Waals surface area contributed by atoms with Gasteiger partial charge in [-0.25, -0.2) is 0 Å². The molecule has 2 aromatic rings. The van der Waals surface area contributed by atoms with E-state index in [0.29, 0.717) is 0 Å². The molecule has 0 N–H and O–H groups in total. The summed E-state index contributed by atoms with van der Waals surface area (Å²) in [5.74, 6) is 0. The van der Waals surface area contributed by atoms with E-state index in [1.165, 1.54) is 55.2 Å². The Morgan fingerprint density at radius 3 is 2.05 bits per heavy atom. The van der Waals surface area contributed by atoms with Crippen LogP contribution in [0.25, 0.3) is 10.8 Å². The van der Waals surface area contributed by atoms with Gasteiger partial charge >= 0.3 is 0 Å². The lowest BCUT2D eigenvalue weighted by molar-refractivity contribution is 0.679. The van der Waals surface area contributed by atoms with E-state index in [0.717, 1.165) is 0 Å². The molecule has 0 aliphatic heterocycles. The number of anilines is 1. The van der Waals surface area contributed by atoms with Crippen LogP contribution in [-0.4, -0.2) is 13.1 Å². The molecule has 2 aromatic carbocycles. The molecule has 0 bridgehead atoms. The quantitative estimate of drug-likeness (QED) is 0.635. The van der Waals surface area contributed by atoms with Crippen LogP contribution in [0.3, 0.4) is 0 Å². The Hall–Kier alpha value is -1.21. The minimum Gasteiger partial charge on any atom is -0.371 e. The predicted molar refractivity (Wildman–Crippen MR) is 93.2 cm³/mol. The summed E-state index contributed by atoms with van der Waals surface area (Å²) in [6.07, 6.45) is 5.06. The number of hydrogen-bond donors (Lipinski definition) is 0. The SMILES string of the molecule is CCCCN(CCCC)c1cccc2ccccc12.Cl. The summed E-state index contributed by atoms with van der Waals surface area (Å²) in [7, 11) is 0. The summed E-state index contributed by atoms with van der Waals surface area (Å²) >= 11 is 0. The minimum atomic E-state index is 0. The number of unbranched alkanes of at least 4 members (excludes halogenated alkanes) is 2. The molecule has 2 heteroatoms. The average molecular weight is 292 g/mol. The zero-order valence-electron chi connectivity index (χ0n) is 12.6. The monoisotopic (exact) mass is 291 g/mol. The maximum Gasteiger partial charge on any atom is 0.0445 e. The van der Waals surface area contributed by atoms with E-state index in [-0.39, 0.29) is 12.4 Å². The lowest BCUT2D eigenvalue weighted by Gasteiger charge is -2.26. The van der Waals surface area contributed by atoms with Crippen molar-refractivity contribution < 1.29 is 0 Å². The van der Waals surface area contributed by atoms with Crippen LogP contribution in [0.5, 0.6) is 0 Å². The van der Waals surface area contributed by atoms with Gasteiger partial charge in [-0.1, -0.05) is 63.1 Å². The molecule has 0 saturated heterocycles. The topological polar surface area (TPSA) is 3.24 Å². The van der Waals surface area contributed by atoms with E-state index in [1.807, 2.05) is 0 Å². The molecule has 0 amide bonds. The fraction of sp³-hybridized carbons (Fsp3) is 0.444. The summed E-state index contributed by atoms with van der Waals surface area (Å²) in [6.45, 7) is 6.87. The van der Waals surface area contributed by atoms with Gasteiger partial charge in [0.2, 0.25) is 0 Å². The van der Waals surface area contributed by atoms with Crippen LogP contribution < -0.4 is 4.90 Å². The summed E-state index contributed by atoms with van der Waals surface area (Å²) in [5, 5.41) is 2.73. The molecule has 0 unspecified atom stereocenters. The third kappa shape index (κ3) is 4.14. The molecular formula is C18H26ClN. The van der Waals surface area contributed by atoms with Crippen molar-refractivity contribution in [1.29, 1.82) is 0 Å². The van der Waals surface area contributed by atoms with Crippen molar-refractivity contribution in [3.63, 3.8) is 0 Å². The largest absolute Gasteiger partial charge is 0.371 e. The number of benzene rings is 2. The van der Waals surface area contributed by atoms with Crippen molar-refractivity contribution in [2.45, 2.75) is 39.5 Å². The Balaban J connectivity index is 0.00000200. The molecule has 0 heterocycles. The first-order valence-corrected chi connectivity index (χ1v) is 7.59. The first kappa shape index (κ1) is 16.8. The molecule has 0 fully saturated rings. The van der Waals surface area contributed by atoms with Gasteiger partial charge in [0.25, 0.3) is 0 Å². The Morgan fingerprint density at radius 2 is 1.40 bits per heavy atom. The Kier molecular flexibility index (Phi) is 7.46. The molecule has 0 aliphatic rings. The van der Waals surface area contributed by atoms with Gasteiger partial charge in [0.1, 0.15) is 0 Å². The minimum absolute atomic E-state index is 0. The normalized spacial score (nSPS) is 10.3. The molecule has 0 aromatic heterocycles. The Morgan fingerprint density at radius 1 is 0.800 bits per heavy atom. The summed E-state index contributed by atoms with van der Waals surface area (Å²) in [6, 6.07) is 15.4. The fourth-order valence-corrected chi connectivity index (χ4v) is 2.53. The van der Waals surface area contributed by atoms with E-state index in [9.17, 15) is 0 Å². The number of nitrogens with zero attached hydrogens (tertiary/aromatic N) is 1. The van der Waals surface area contributed by atoms with Gasteiger partial charge in [-0.2, -0.15) is 0 Å². The number of halogens is 1. The van der Waals surface area contributed by atoms with Crippen molar-refractivity contribution in [2.75, 3.05) is 18.0 Å². The fourth-order valence-electron chi connectivity index (χ4n) is 2.53. The van der Waals surface area contributed by atoms with Crippen molar-refractivity contribution >= 4 is 28.9 Å². The van der Waals surface area contributed by atoms with Gasteiger partial charge < -0.3 is 4.90 Å². The van der Waals surface area contributed by atoms with Crippen molar-refractivity contribution in [3.8, 4) is 0 Å². The number of rotatable bonds is 7. The highest BCUT2D eigenvalue weighted by Crippen LogP contribution is 2.27. The second-order valence-corrected chi connectivity index (χ2v) is 5.19. The Bertz CT molecular complexity index is 496. The lowest BCUT2D eigenvalue weighted by Crippen LogP contribution is -2.25. The molecule has 1 nitrogen and oxygen atoms in total. The standard InChI is InChI=1S/C18H25N.ClH/c1-3-5-14-19(15-6-4-2)18-13-9-11-16-10-7-8-12-17(16)18;/h7-13H,3-6,14-15H2,1-2H3;1H.